The van der Waals surface area contributed by atoms with E-state index in [9.17, 15) is 14.4 Å². The van der Waals surface area contributed by atoms with Crippen molar-refractivity contribution in [1.29, 1.82) is 0 Å². The van der Waals surface area contributed by atoms with Crippen LogP contribution in [-0.4, -0.2) is 37.2 Å². The highest BCUT2D eigenvalue weighted by atomic mass is 16.6. The number of carbonyl (C=O) groups is 3. The smallest absolute Gasteiger partial charge is 0.306 e. The summed E-state index contributed by atoms with van der Waals surface area (Å²) in [6.45, 7) is 6.37. The zero-order valence-electron chi connectivity index (χ0n) is 51.6. The molecule has 0 N–H and O–H groups in total. The van der Waals surface area contributed by atoms with E-state index in [1.165, 1.54) is 154 Å². The van der Waals surface area contributed by atoms with Crippen molar-refractivity contribution in [3.8, 4) is 0 Å². The highest BCUT2D eigenvalue weighted by Gasteiger charge is 2.19. The number of allylic oxidation sites excluding steroid dienone is 20. The predicted octanol–water partition coefficient (Wildman–Crippen LogP) is 22.8. The molecule has 0 saturated heterocycles. The highest BCUT2D eigenvalue weighted by Crippen LogP contribution is 2.17. The first-order valence-electron chi connectivity index (χ1n) is 33.0. The summed E-state index contributed by atoms with van der Waals surface area (Å²) in [4.78, 5) is 38.3. The standard InChI is InChI=1S/C73H122O6/c1-4-7-10-13-16-19-22-25-27-29-31-32-33-34-35-36-37-38-39-40-42-43-45-48-51-54-57-60-63-66-72(75)78-69-70(68-77-71(74)65-62-59-56-53-50-47-24-21-18-15-12-9-6-3)79-73(76)67-64-61-58-55-52-49-46-44-41-30-28-26-23-20-17-14-11-8-5-2/h7-8,10-11,16-17,19-20,25-28,31-32,41,44,49,52,58,61,70H,4-6,9,12-15,18,21-24,29-30,33-40,42-43,45-48,50-51,53-57,59-60,62-69H2,1-3H3/b10-7-,11-8-,19-16-,20-17-,27-25-,28-26-,32-31-,44-41-,52-49-,61-58-. The summed E-state index contributed by atoms with van der Waals surface area (Å²) in [7, 11) is 0. The van der Waals surface area contributed by atoms with Crippen LogP contribution >= 0.6 is 0 Å². The van der Waals surface area contributed by atoms with Crippen molar-refractivity contribution in [2.45, 2.75) is 309 Å². The zero-order chi connectivity index (χ0) is 57.1. The summed E-state index contributed by atoms with van der Waals surface area (Å²) in [6, 6.07) is 0. The monoisotopic (exact) mass is 1090 g/mol. The first-order chi connectivity index (χ1) is 39.0. The lowest BCUT2D eigenvalue weighted by Crippen LogP contribution is -2.30. The van der Waals surface area contributed by atoms with Gasteiger partial charge in [-0.1, -0.05) is 309 Å². The van der Waals surface area contributed by atoms with Crippen LogP contribution in [0, 0.1) is 0 Å². The van der Waals surface area contributed by atoms with Gasteiger partial charge in [-0.15, -0.1) is 0 Å². The zero-order valence-corrected chi connectivity index (χ0v) is 51.6. The number of carbonyl (C=O) groups excluding carboxylic acids is 3. The van der Waals surface area contributed by atoms with E-state index >= 15 is 0 Å². The lowest BCUT2D eigenvalue weighted by molar-refractivity contribution is -0.166. The molecule has 1 atom stereocenters. The molecule has 6 heteroatoms. The molecule has 0 saturated carbocycles. The van der Waals surface area contributed by atoms with Crippen LogP contribution in [0.3, 0.4) is 0 Å². The lowest BCUT2D eigenvalue weighted by atomic mass is 10.0. The average Bonchev–Trinajstić information content (AvgIpc) is 3.45. The molecular formula is C73H122O6. The Hall–Kier alpha value is -4.19. The van der Waals surface area contributed by atoms with E-state index in [2.05, 4.69) is 136 Å². The van der Waals surface area contributed by atoms with E-state index in [1.54, 1.807) is 0 Å². The van der Waals surface area contributed by atoms with Crippen molar-refractivity contribution in [1.82, 2.24) is 0 Å². The Morgan fingerprint density at radius 1 is 0.266 bits per heavy atom. The van der Waals surface area contributed by atoms with Gasteiger partial charge in [0.25, 0.3) is 0 Å². The Bertz CT molecular complexity index is 1640. The fourth-order valence-corrected chi connectivity index (χ4v) is 9.11. The molecule has 0 heterocycles. The average molecular weight is 1100 g/mol. The van der Waals surface area contributed by atoms with Crippen LogP contribution in [0.1, 0.15) is 303 Å². The summed E-state index contributed by atoms with van der Waals surface area (Å²) in [5, 5.41) is 0. The first-order valence-corrected chi connectivity index (χ1v) is 33.0. The van der Waals surface area contributed by atoms with Crippen molar-refractivity contribution >= 4 is 17.9 Å². The van der Waals surface area contributed by atoms with Gasteiger partial charge in [-0.2, -0.15) is 0 Å². The fourth-order valence-electron chi connectivity index (χ4n) is 9.11. The van der Waals surface area contributed by atoms with Gasteiger partial charge in [0.15, 0.2) is 6.10 Å². The minimum Gasteiger partial charge on any atom is -0.462 e. The Morgan fingerprint density at radius 3 is 0.823 bits per heavy atom. The number of hydrogen-bond acceptors (Lipinski definition) is 6. The SMILES string of the molecule is CC/C=C\C/C=C\C/C=C\C/C=C\C/C=C\C/C=C\CCC(=O)OC(COC(=O)CCCCCCCCCCCCCCC)COC(=O)CCCCCCCCCCCCCCCCCC/C=C\C/C=C\C/C=C\C/C=C\CC. The summed E-state index contributed by atoms with van der Waals surface area (Å²) in [5.41, 5.74) is 0. The molecule has 0 aromatic rings. The van der Waals surface area contributed by atoms with Gasteiger partial charge in [0.05, 0.1) is 0 Å². The molecule has 0 spiro atoms. The first kappa shape index (κ1) is 74.8. The second kappa shape index (κ2) is 66.3. The minimum absolute atomic E-state index is 0.106. The quantitative estimate of drug-likeness (QED) is 0.0261. The summed E-state index contributed by atoms with van der Waals surface area (Å²) in [6.07, 6.45) is 92.3. The lowest BCUT2D eigenvalue weighted by Gasteiger charge is -2.18. The van der Waals surface area contributed by atoms with Gasteiger partial charge in [0.2, 0.25) is 0 Å². The number of esters is 3. The Labute approximate surface area is 488 Å². The van der Waals surface area contributed by atoms with Crippen LogP contribution in [0.15, 0.2) is 122 Å². The number of ether oxygens (including phenoxy) is 3. The van der Waals surface area contributed by atoms with Crippen molar-refractivity contribution in [3.05, 3.63) is 122 Å². The fraction of sp³-hybridized carbons (Fsp3) is 0.685. The number of unbranched alkanes of at least 4 members (excludes halogenated alkanes) is 28. The molecule has 0 aromatic carbocycles. The van der Waals surface area contributed by atoms with Gasteiger partial charge in [0.1, 0.15) is 13.2 Å². The molecular weight excluding hydrogens is 973 g/mol. The van der Waals surface area contributed by atoms with E-state index < -0.39 is 6.10 Å². The molecule has 0 rings (SSSR count). The Balaban J connectivity index is 4.33. The second-order valence-corrected chi connectivity index (χ2v) is 21.6. The maximum absolute atomic E-state index is 12.9. The summed E-state index contributed by atoms with van der Waals surface area (Å²) < 4.78 is 16.9. The van der Waals surface area contributed by atoms with Gasteiger partial charge < -0.3 is 14.2 Å². The van der Waals surface area contributed by atoms with Crippen LogP contribution in [0.2, 0.25) is 0 Å². The molecule has 0 fully saturated rings. The van der Waals surface area contributed by atoms with E-state index in [0.29, 0.717) is 19.3 Å². The maximum Gasteiger partial charge on any atom is 0.306 e. The van der Waals surface area contributed by atoms with Crippen LogP contribution in [-0.2, 0) is 28.6 Å². The van der Waals surface area contributed by atoms with Crippen molar-refractivity contribution in [2.24, 2.45) is 0 Å². The van der Waals surface area contributed by atoms with Gasteiger partial charge >= 0.3 is 17.9 Å². The normalized spacial score (nSPS) is 12.9. The molecule has 450 valence electrons. The largest absolute Gasteiger partial charge is 0.462 e. The van der Waals surface area contributed by atoms with E-state index in [4.69, 9.17) is 14.2 Å². The van der Waals surface area contributed by atoms with Crippen LogP contribution in [0.5, 0.6) is 0 Å². The topological polar surface area (TPSA) is 78.9 Å². The van der Waals surface area contributed by atoms with Crippen LogP contribution < -0.4 is 0 Å². The summed E-state index contributed by atoms with van der Waals surface area (Å²) in [5.74, 6) is -0.983. The highest BCUT2D eigenvalue weighted by molar-refractivity contribution is 5.71. The maximum atomic E-state index is 12.9. The third kappa shape index (κ3) is 64.5. The van der Waals surface area contributed by atoms with E-state index in [0.717, 1.165) is 103 Å². The van der Waals surface area contributed by atoms with Crippen molar-refractivity contribution in [3.63, 3.8) is 0 Å². The van der Waals surface area contributed by atoms with Gasteiger partial charge in [-0.3, -0.25) is 14.4 Å². The summed E-state index contributed by atoms with van der Waals surface area (Å²) >= 11 is 0. The number of rotatable bonds is 59. The predicted molar refractivity (Wildman–Crippen MR) is 343 cm³/mol. The molecule has 0 aromatic heterocycles. The third-order valence-electron chi connectivity index (χ3n) is 14.0. The van der Waals surface area contributed by atoms with Crippen LogP contribution in [0.25, 0.3) is 0 Å². The molecule has 0 radical (unpaired) electrons. The molecule has 0 aliphatic carbocycles. The number of hydrogen-bond donors (Lipinski definition) is 0. The molecule has 6 nitrogen and oxygen atoms in total. The van der Waals surface area contributed by atoms with Gasteiger partial charge in [-0.05, 0) is 96.3 Å². The van der Waals surface area contributed by atoms with Crippen molar-refractivity contribution in [2.75, 3.05) is 13.2 Å². The molecule has 0 amide bonds. The molecule has 0 bridgehead atoms. The van der Waals surface area contributed by atoms with Gasteiger partial charge in [-0.25, -0.2) is 0 Å². The van der Waals surface area contributed by atoms with E-state index in [-0.39, 0.29) is 37.5 Å². The minimum atomic E-state index is -0.819. The second-order valence-electron chi connectivity index (χ2n) is 21.6. The Morgan fingerprint density at radius 2 is 0.519 bits per heavy atom. The van der Waals surface area contributed by atoms with Crippen molar-refractivity contribution < 1.29 is 28.6 Å². The molecule has 79 heavy (non-hydrogen) atoms. The third-order valence-corrected chi connectivity index (χ3v) is 14.0. The van der Waals surface area contributed by atoms with Gasteiger partial charge in [0, 0.05) is 19.3 Å². The van der Waals surface area contributed by atoms with E-state index in [1.807, 2.05) is 6.08 Å². The Kier molecular flexibility index (Phi) is 62.8. The molecule has 0 aliphatic heterocycles. The molecule has 0 aliphatic rings. The molecule has 1 unspecified atom stereocenters. The van der Waals surface area contributed by atoms with Crippen LogP contribution in [0.4, 0.5) is 0 Å².